The van der Waals surface area contributed by atoms with Gasteiger partial charge >= 0.3 is 0 Å². The summed E-state index contributed by atoms with van der Waals surface area (Å²) in [6.45, 7) is 7.30. The van der Waals surface area contributed by atoms with Crippen molar-refractivity contribution in [2.24, 2.45) is 0 Å². The fourth-order valence-corrected chi connectivity index (χ4v) is 5.05. The van der Waals surface area contributed by atoms with Crippen LogP contribution in [0.25, 0.3) is 0 Å². The minimum atomic E-state index is -3.62. The molecule has 0 atom stereocenters. The summed E-state index contributed by atoms with van der Waals surface area (Å²) < 4.78 is 38.3. The van der Waals surface area contributed by atoms with E-state index in [0.717, 1.165) is 5.56 Å². The normalized spacial score (nSPS) is 15.6. The smallest absolute Gasteiger partial charge is 0.261 e. The van der Waals surface area contributed by atoms with Gasteiger partial charge in [-0.25, -0.2) is 8.42 Å². The van der Waals surface area contributed by atoms with E-state index >= 15 is 0 Å². The van der Waals surface area contributed by atoms with E-state index in [9.17, 15) is 13.2 Å². The second-order valence-electron chi connectivity index (χ2n) is 8.51. The number of rotatable bonds is 5. The van der Waals surface area contributed by atoms with Crippen LogP contribution in [-0.4, -0.2) is 63.9 Å². The number of ether oxygens (including phenoxy) is 2. The molecule has 0 N–H and O–H groups in total. The van der Waals surface area contributed by atoms with Crippen molar-refractivity contribution in [3.05, 3.63) is 53.6 Å². The van der Waals surface area contributed by atoms with E-state index in [-0.39, 0.29) is 29.3 Å². The molecule has 0 aromatic heterocycles. The molecule has 0 unspecified atom stereocenters. The van der Waals surface area contributed by atoms with Crippen molar-refractivity contribution in [2.75, 3.05) is 40.4 Å². The molecule has 8 heteroatoms. The molecular weight excluding hydrogens is 416 g/mol. The van der Waals surface area contributed by atoms with E-state index in [4.69, 9.17) is 9.47 Å². The second-order valence-corrected chi connectivity index (χ2v) is 10.4. The highest BCUT2D eigenvalue weighted by atomic mass is 32.2. The first-order valence-corrected chi connectivity index (χ1v) is 11.6. The molecule has 168 valence electrons. The van der Waals surface area contributed by atoms with E-state index in [1.54, 1.807) is 35.2 Å². The van der Waals surface area contributed by atoms with Crippen LogP contribution in [0.4, 0.5) is 0 Å². The van der Waals surface area contributed by atoms with Gasteiger partial charge < -0.3 is 14.4 Å². The lowest BCUT2D eigenvalue weighted by Gasteiger charge is -2.34. The Bertz CT molecular complexity index is 1010. The Morgan fingerprint density at radius 1 is 0.871 bits per heavy atom. The summed E-state index contributed by atoms with van der Waals surface area (Å²) in [5.74, 6) is 0.623. The Morgan fingerprint density at radius 3 is 1.84 bits per heavy atom. The summed E-state index contributed by atoms with van der Waals surface area (Å²) >= 11 is 0. The molecule has 1 heterocycles. The number of methoxy groups -OCH3 is 2. The zero-order valence-electron chi connectivity index (χ0n) is 18.7. The van der Waals surface area contributed by atoms with Crippen molar-refractivity contribution in [2.45, 2.75) is 31.1 Å². The van der Waals surface area contributed by atoms with Crippen LogP contribution in [0, 0.1) is 0 Å². The number of benzene rings is 2. The van der Waals surface area contributed by atoms with Crippen LogP contribution in [0.1, 0.15) is 36.7 Å². The largest absolute Gasteiger partial charge is 0.496 e. The van der Waals surface area contributed by atoms with Gasteiger partial charge in [0.15, 0.2) is 0 Å². The molecule has 1 aliphatic rings. The van der Waals surface area contributed by atoms with Crippen molar-refractivity contribution in [1.82, 2.24) is 9.21 Å². The third kappa shape index (κ3) is 4.70. The van der Waals surface area contributed by atoms with Crippen LogP contribution in [0.2, 0.25) is 0 Å². The van der Waals surface area contributed by atoms with E-state index in [1.807, 2.05) is 12.1 Å². The van der Waals surface area contributed by atoms with Gasteiger partial charge in [-0.05, 0) is 35.2 Å². The summed E-state index contributed by atoms with van der Waals surface area (Å²) in [4.78, 5) is 15.0. The summed E-state index contributed by atoms with van der Waals surface area (Å²) in [6.07, 6.45) is 0. The fraction of sp³-hybridized carbons (Fsp3) is 0.435. The van der Waals surface area contributed by atoms with Crippen molar-refractivity contribution >= 4 is 15.9 Å². The Kier molecular flexibility index (Phi) is 6.62. The number of carbonyl (C=O) groups excluding carboxylic acids is 1. The van der Waals surface area contributed by atoms with Crippen LogP contribution in [-0.2, 0) is 15.4 Å². The molecule has 7 nitrogen and oxygen atoms in total. The third-order valence-corrected chi connectivity index (χ3v) is 7.44. The fourth-order valence-electron chi connectivity index (χ4n) is 3.63. The molecule has 3 rings (SSSR count). The maximum absolute atomic E-state index is 13.1. The molecule has 0 spiro atoms. The van der Waals surface area contributed by atoms with Gasteiger partial charge in [0.2, 0.25) is 10.0 Å². The van der Waals surface area contributed by atoms with Crippen LogP contribution in [0.3, 0.4) is 0 Å². The highest BCUT2D eigenvalue weighted by Gasteiger charge is 2.32. The van der Waals surface area contributed by atoms with Crippen molar-refractivity contribution < 1.29 is 22.7 Å². The Morgan fingerprint density at radius 2 is 1.39 bits per heavy atom. The zero-order chi connectivity index (χ0) is 22.8. The Balaban J connectivity index is 1.74. The Hall–Kier alpha value is -2.58. The van der Waals surface area contributed by atoms with Crippen molar-refractivity contribution in [3.63, 3.8) is 0 Å². The average molecular weight is 447 g/mol. The molecule has 2 aromatic carbocycles. The highest BCUT2D eigenvalue weighted by molar-refractivity contribution is 7.89. The quantitative estimate of drug-likeness (QED) is 0.705. The lowest BCUT2D eigenvalue weighted by Crippen LogP contribution is -2.50. The Labute approximate surface area is 184 Å². The molecule has 1 aliphatic heterocycles. The number of piperazine rings is 1. The molecular formula is C23H30N2O5S. The van der Waals surface area contributed by atoms with Crippen LogP contribution in [0.15, 0.2) is 47.4 Å². The van der Waals surface area contributed by atoms with Gasteiger partial charge in [0.05, 0.1) is 19.1 Å². The van der Waals surface area contributed by atoms with Gasteiger partial charge in [0, 0.05) is 26.2 Å². The first-order valence-electron chi connectivity index (χ1n) is 10.2. The van der Waals surface area contributed by atoms with Gasteiger partial charge in [0.25, 0.3) is 5.91 Å². The van der Waals surface area contributed by atoms with Gasteiger partial charge in [-0.1, -0.05) is 39.0 Å². The highest BCUT2D eigenvalue weighted by Crippen LogP contribution is 2.30. The molecule has 1 saturated heterocycles. The van der Waals surface area contributed by atoms with Gasteiger partial charge in [-0.3, -0.25) is 4.79 Å². The minimum Gasteiger partial charge on any atom is -0.496 e. The van der Waals surface area contributed by atoms with Gasteiger partial charge in [-0.2, -0.15) is 4.31 Å². The SMILES string of the molecule is COc1cccc(OC)c1C(=O)N1CCN(S(=O)(=O)c2ccc(C(C)(C)C)cc2)CC1. The maximum atomic E-state index is 13.1. The molecule has 31 heavy (non-hydrogen) atoms. The van der Waals surface area contributed by atoms with Crippen LogP contribution >= 0.6 is 0 Å². The zero-order valence-corrected chi connectivity index (χ0v) is 19.5. The predicted molar refractivity (Wildman–Crippen MR) is 119 cm³/mol. The molecule has 0 bridgehead atoms. The number of amides is 1. The van der Waals surface area contributed by atoms with Gasteiger partial charge in [-0.15, -0.1) is 0 Å². The maximum Gasteiger partial charge on any atom is 0.261 e. The summed E-state index contributed by atoms with van der Waals surface area (Å²) in [5, 5.41) is 0. The van der Waals surface area contributed by atoms with E-state index in [1.165, 1.54) is 18.5 Å². The molecule has 0 radical (unpaired) electrons. The first kappa shape index (κ1) is 23.1. The lowest BCUT2D eigenvalue weighted by molar-refractivity contribution is 0.0691. The molecule has 0 saturated carbocycles. The molecule has 2 aromatic rings. The topological polar surface area (TPSA) is 76.2 Å². The predicted octanol–water partition coefficient (Wildman–Crippen LogP) is 3.15. The summed E-state index contributed by atoms with van der Waals surface area (Å²) in [5.41, 5.74) is 1.38. The average Bonchev–Trinajstić information content (AvgIpc) is 2.77. The van der Waals surface area contributed by atoms with Crippen molar-refractivity contribution in [3.8, 4) is 11.5 Å². The number of nitrogens with zero attached hydrogens (tertiary/aromatic N) is 2. The number of sulfonamides is 1. The summed E-state index contributed by atoms with van der Waals surface area (Å²) in [6, 6.07) is 12.2. The molecule has 0 aliphatic carbocycles. The lowest BCUT2D eigenvalue weighted by atomic mass is 9.87. The number of carbonyl (C=O) groups is 1. The molecule has 1 fully saturated rings. The number of hydrogen-bond acceptors (Lipinski definition) is 5. The molecule has 1 amide bonds. The van der Waals surface area contributed by atoms with Crippen molar-refractivity contribution in [1.29, 1.82) is 0 Å². The standard InChI is InChI=1S/C23H30N2O5S/c1-23(2,3)17-9-11-18(12-10-17)31(27,28)25-15-13-24(14-16-25)22(26)21-19(29-4)7-6-8-20(21)30-5/h6-12H,13-16H2,1-5H3. The third-order valence-electron chi connectivity index (χ3n) is 5.53. The minimum absolute atomic E-state index is 0.0478. The summed E-state index contributed by atoms with van der Waals surface area (Å²) in [7, 11) is -0.616. The van der Waals surface area contributed by atoms with Crippen LogP contribution < -0.4 is 9.47 Å². The van der Waals surface area contributed by atoms with E-state index in [2.05, 4.69) is 20.8 Å². The van der Waals surface area contributed by atoms with E-state index < -0.39 is 10.0 Å². The number of hydrogen-bond donors (Lipinski definition) is 0. The van der Waals surface area contributed by atoms with Crippen LogP contribution in [0.5, 0.6) is 11.5 Å². The second kappa shape index (κ2) is 8.88. The first-order chi connectivity index (χ1) is 14.6. The monoisotopic (exact) mass is 446 g/mol. The van der Waals surface area contributed by atoms with E-state index in [0.29, 0.717) is 30.2 Å². The van der Waals surface area contributed by atoms with Gasteiger partial charge in [0.1, 0.15) is 17.1 Å².